The van der Waals surface area contributed by atoms with E-state index in [2.05, 4.69) is 15.2 Å². The fourth-order valence-electron chi connectivity index (χ4n) is 4.65. The number of aliphatic hydroxyl groups excluding tert-OH is 2. The molecule has 42 heavy (non-hydrogen) atoms. The average molecular weight is 603 g/mol. The molecule has 2 heterocycles. The second kappa shape index (κ2) is 13.6. The number of nitrogen functional groups attached to an aromatic ring is 1. The van der Waals surface area contributed by atoms with Crippen LogP contribution in [0.15, 0.2) is 48.8 Å². The van der Waals surface area contributed by atoms with Crippen molar-refractivity contribution in [3.63, 3.8) is 0 Å². The molecule has 0 bridgehead atoms. The number of aromatic nitrogens is 3. The highest BCUT2D eigenvalue weighted by Crippen LogP contribution is 2.46. The van der Waals surface area contributed by atoms with Crippen molar-refractivity contribution in [2.24, 2.45) is 0 Å². The summed E-state index contributed by atoms with van der Waals surface area (Å²) in [5, 5.41) is 38.9. The van der Waals surface area contributed by atoms with Crippen molar-refractivity contribution >= 4 is 25.1 Å². The number of anilines is 1. The number of nitrogens with one attached hydrogen (secondary N) is 1. The number of nitrogens with zero attached hydrogens (tertiary/aromatic N) is 4. The lowest BCUT2D eigenvalue weighted by atomic mass is 9.93. The molecule has 14 nitrogen and oxygen atoms in total. The highest BCUT2D eigenvalue weighted by Gasteiger charge is 2.47. The maximum Gasteiger partial charge on any atom is 0.459 e. The molecule has 1 aliphatic carbocycles. The Morgan fingerprint density at radius 1 is 1.24 bits per heavy atom. The Morgan fingerprint density at radius 3 is 2.62 bits per heavy atom. The average Bonchev–Trinajstić information content (AvgIpc) is 3.44. The number of para-hydroxylation sites is 1. The summed E-state index contributed by atoms with van der Waals surface area (Å²) >= 11 is 0. The molecule has 1 aliphatic rings. The van der Waals surface area contributed by atoms with Crippen molar-refractivity contribution in [2.45, 2.75) is 69.0 Å². The van der Waals surface area contributed by atoms with Gasteiger partial charge in [0.2, 0.25) is 5.60 Å². The number of fused-ring (bicyclic) bond motifs is 1. The first-order valence-electron chi connectivity index (χ1n) is 13.5. The molecule has 1 saturated carbocycles. The summed E-state index contributed by atoms with van der Waals surface area (Å²) in [6.45, 7) is 0.618. The first-order chi connectivity index (χ1) is 20.1. The van der Waals surface area contributed by atoms with Crippen LogP contribution >= 0.6 is 7.75 Å². The third-order valence-corrected chi connectivity index (χ3v) is 8.73. The van der Waals surface area contributed by atoms with Crippen LogP contribution in [0.25, 0.3) is 5.52 Å². The van der Waals surface area contributed by atoms with Gasteiger partial charge in [-0.2, -0.15) is 15.4 Å². The highest BCUT2D eigenvalue weighted by molar-refractivity contribution is 7.52. The standard InChI is InChI=1S/C27H35N6O8P/c1-18(26(36)40-19-9-5-3-6-10-19)32-42(37,41-20-11-7-4-8-12-20)39-16-27(15-28,38-2)24(35)23(34)21-13-14-22-25(29)30-17-31-33(21)22/h4,7-8,11-14,17-19,23-24,34-35H,3,5-6,9-10,16H2,1-2H3,(H,32,37)(H2,29,30,31)/t18-,23-,24-,27+,42?/m0/s1. The second-order valence-electron chi connectivity index (χ2n) is 10.0. The molecular weight excluding hydrogens is 567 g/mol. The van der Waals surface area contributed by atoms with E-state index in [1.165, 1.54) is 42.0 Å². The van der Waals surface area contributed by atoms with Gasteiger partial charge >= 0.3 is 13.7 Å². The topological polar surface area (TPSA) is 204 Å². The van der Waals surface area contributed by atoms with E-state index in [4.69, 9.17) is 24.3 Å². The van der Waals surface area contributed by atoms with Gasteiger partial charge in [0.15, 0.2) is 5.82 Å². The van der Waals surface area contributed by atoms with Gasteiger partial charge in [0, 0.05) is 7.11 Å². The van der Waals surface area contributed by atoms with E-state index in [-0.39, 0.29) is 23.4 Å². The molecular formula is C27H35N6O8P. The molecule has 3 aromatic rings. The molecule has 1 unspecified atom stereocenters. The molecule has 4 rings (SSSR count). The third-order valence-electron chi connectivity index (χ3n) is 7.10. The number of hydrogen-bond donors (Lipinski definition) is 4. The van der Waals surface area contributed by atoms with Gasteiger partial charge < -0.3 is 29.9 Å². The van der Waals surface area contributed by atoms with Gasteiger partial charge in [-0.05, 0) is 56.9 Å². The predicted octanol–water partition coefficient (Wildman–Crippen LogP) is 2.67. The SMILES string of the molecule is CO[C@](C#N)(COP(=O)(N[C@@H](C)C(=O)OC1CCCCC1)Oc1ccccc1)[C@@H](O)[C@@H](O)c1ccc2c(N)ncnn12. The number of carbonyl (C=O) groups is 1. The summed E-state index contributed by atoms with van der Waals surface area (Å²) in [7, 11) is -3.30. The summed E-state index contributed by atoms with van der Waals surface area (Å²) in [4.78, 5) is 16.7. The number of rotatable bonds is 13. The molecule has 2 aromatic heterocycles. The molecule has 0 aliphatic heterocycles. The van der Waals surface area contributed by atoms with Crippen LogP contribution in [0.5, 0.6) is 5.75 Å². The second-order valence-corrected chi connectivity index (χ2v) is 11.7. The van der Waals surface area contributed by atoms with Crippen molar-refractivity contribution < 1.29 is 38.1 Å². The fourth-order valence-corrected chi connectivity index (χ4v) is 6.17. The van der Waals surface area contributed by atoms with Crippen LogP contribution in [-0.4, -0.2) is 68.3 Å². The summed E-state index contributed by atoms with van der Waals surface area (Å²) in [6.07, 6.45) is 1.79. The Kier molecular flexibility index (Phi) is 10.2. The molecule has 0 spiro atoms. The minimum atomic E-state index is -4.42. The van der Waals surface area contributed by atoms with Gasteiger partial charge in [-0.1, -0.05) is 24.6 Å². The van der Waals surface area contributed by atoms with Gasteiger partial charge in [0.05, 0.1) is 5.69 Å². The summed E-state index contributed by atoms with van der Waals surface area (Å²) in [6, 6.07) is 11.8. The molecule has 15 heteroatoms. The molecule has 1 aromatic carbocycles. The number of carbonyl (C=O) groups excluding carboxylic acids is 1. The summed E-state index contributed by atoms with van der Waals surface area (Å²) in [5.74, 6) is -0.350. The van der Waals surface area contributed by atoms with Crippen LogP contribution in [-0.2, 0) is 23.4 Å². The molecule has 0 radical (unpaired) electrons. The number of nitrogens with two attached hydrogens (primary N) is 1. The Balaban J connectivity index is 1.54. The molecule has 226 valence electrons. The highest BCUT2D eigenvalue weighted by atomic mass is 31.2. The molecule has 1 fully saturated rings. The van der Waals surface area contributed by atoms with Crippen molar-refractivity contribution in [1.82, 2.24) is 19.7 Å². The number of hydrogen-bond acceptors (Lipinski definition) is 12. The van der Waals surface area contributed by atoms with Crippen LogP contribution in [0.2, 0.25) is 0 Å². The van der Waals surface area contributed by atoms with E-state index in [1.54, 1.807) is 18.2 Å². The largest absolute Gasteiger partial charge is 0.461 e. The summed E-state index contributed by atoms with van der Waals surface area (Å²) < 4.78 is 37.5. The van der Waals surface area contributed by atoms with Crippen molar-refractivity contribution in [3.05, 3.63) is 54.5 Å². The fraction of sp³-hybridized carbons (Fsp3) is 0.481. The lowest BCUT2D eigenvalue weighted by Gasteiger charge is -2.34. The molecule has 5 N–H and O–H groups in total. The predicted molar refractivity (Wildman–Crippen MR) is 150 cm³/mol. The zero-order valence-corrected chi connectivity index (χ0v) is 24.2. The number of methoxy groups -OCH3 is 1. The zero-order valence-electron chi connectivity index (χ0n) is 23.3. The number of ether oxygens (including phenoxy) is 2. The Bertz CT molecular complexity index is 1440. The minimum Gasteiger partial charge on any atom is -0.461 e. The van der Waals surface area contributed by atoms with Crippen LogP contribution in [0.1, 0.15) is 50.8 Å². The maximum absolute atomic E-state index is 14.0. The molecule has 5 atom stereocenters. The van der Waals surface area contributed by atoms with Crippen molar-refractivity contribution in [1.29, 1.82) is 5.26 Å². The van der Waals surface area contributed by atoms with Gasteiger partial charge in [-0.15, -0.1) is 0 Å². The van der Waals surface area contributed by atoms with E-state index in [0.29, 0.717) is 5.52 Å². The first-order valence-corrected chi connectivity index (χ1v) is 15.0. The number of nitriles is 1. The molecule has 0 saturated heterocycles. The Labute approximate surface area is 242 Å². The minimum absolute atomic E-state index is 0.0872. The van der Waals surface area contributed by atoms with Crippen molar-refractivity contribution in [3.8, 4) is 11.8 Å². The van der Waals surface area contributed by atoms with Crippen LogP contribution in [0.3, 0.4) is 0 Å². The van der Waals surface area contributed by atoms with Gasteiger partial charge in [0.25, 0.3) is 0 Å². The lowest BCUT2D eigenvalue weighted by Crippen LogP contribution is -2.50. The van der Waals surface area contributed by atoms with E-state index >= 15 is 0 Å². The maximum atomic E-state index is 14.0. The normalized spacial score (nSPS) is 19.1. The van der Waals surface area contributed by atoms with E-state index in [0.717, 1.165) is 39.2 Å². The van der Waals surface area contributed by atoms with Crippen molar-refractivity contribution in [2.75, 3.05) is 19.5 Å². The first kappa shape index (κ1) is 31.4. The van der Waals surface area contributed by atoms with Gasteiger partial charge in [-0.3, -0.25) is 9.32 Å². The van der Waals surface area contributed by atoms with Gasteiger partial charge in [-0.25, -0.2) is 14.1 Å². The smallest absolute Gasteiger partial charge is 0.459 e. The number of aliphatic hydroxyl groups is 2. The van der Waals surface area contributed by atoms with E-state index in [1.807, 2.05) is 6.07 Å². The Morgan fingerprint density at radius 2 is 1.95 bits per heavy atom. The number of benzene rings is 1. The zero-order chi connectivity index (χ0) is 30.3. The van der Waals surface area contributed by atoms with Crippen LogP contribution in [0.4, 0.5) is 5.82 Å². The lowest BCUT2D eigenvalue weighted by molar-refractivity contribution is -0.152. The monoisotopic (exact) mass is 602 g/mol. The van der Waals surface area contributed by atoms with E-state index < -0.39 is 44.2 Å². The van der Waals surface area contributed by atoms with Crippen LogP contribution < -0.4 is 15.3 Å². The summed E-state index contributed by atoms with van der Waals surface area (Å²) in [5.41, 5.74) is 4.07. The third kappa shape index (κ3) is 7.07. The molecule has 0 amide bonds. The number of esters is 1. The quantitative estimate of drug-likeness (QED) is 0.164. The Hall–Kier alpha value is -3.57. The van der Waals surface area contributed by atoms with Crippen LogP contribution in [0, 0.1) is 11.3 Å². The van der Waals surface area contributed by atoms with E-state index in [9.17, 15) is 24.8 Å². The van der Waals surface area contributed by atoms with Gasteiger partial charge in [0.1, 0.15) is 54.6 Å².